The first kappa shape index (κ1) is 27.7. The first-order chi connectivity index (χ1) is 18.2. The molecule has 8 nitrogen and oxygen atoms in total. The van der Waals surface area contributed by atoms with Gasteiger partial charge in [0.05, 0.1) is 28.8 Å². The molecule has 2 aromatic carbocycles. The molecule has 9 heteroatoms. The average molecular weight is 539 g/mol. The number of benzene rings is 2. The van der Waals surface area contributed by atoms with E-state index in [1.165, 1.54) is 10.5 Å². The van der Waals surface area contributed by atoms with Crippen LogP contribution in [0.25, 0.3) is 0 Å². The maximum Gasteiger partial charge on any atom is 0.338 e. The van der Waals surface area contributed by atoms with Crippen LogP contribution >= 0.6 is 11.6 Å². The van der Waals surface area contributed by atoms with Crippen molar-refractivity contribution < 1.29 is 19.1 Å². The summed E-state index contributed by atoms with van der Waals surface area (Å²) in [7, 11) is 1.67. The minimum atomic E-state index is -0.614. The number of hydrogen-bond acceptors (Lipinski definition) is 5. The smallest absolute Gasteiger partial charge is 0.338 e. The Morgan fingerprint density at radius 2 is 1.71 bits per heavy atom. The molecule has 0 bridgehead atoms. The summed E-state index contributed by atoms with van der Waals surface area (Å²) in [4.78, 5) is 44.7. The summed E-state index contributed by atoms with van der Waals surface area (Å²) < 4.78 is 5.45. The Morgan fingerprint density at radius 1 is 1.05 bits per heavy atom. The van der Waals surface area contributed by atoms with E-state index in [9.17, 15) is 14.4 Å². The van der Waals surface area contributed by atoms with Gasteiger partial charge in [-0.1, -0.05) is 61.8 Å². The molecule has 2 aliphatic heterocycles. The molecule has 202 valence electrons. The van der Waals surface area contributed by atoms with Gasteiger partial charge in [0.25, 0.3) is 5.91 Å². The van der Waals surface area contributed by atoms with Gasteiger partial charge in [-0.25, -0.2) is 9.59 Å². The molecule has 1 saturated heterocycles. The fourth-order valence-electron chi connectivity index (χ4n) is 4.85. The van der Waals surface area contributed by atoms with Crippen molar-refractivity contribution in [3.05, 3.63) is 81.5 Å². The Bertz CT molecular complexity index is 1220. The highest BCUT2D eigenvalue weighted by molar-refractivity contribution is 6.33. The van der Waals surface area contributed by atoms with Gasteiger partial charge in [0, 0.05) is 45.5 Å². The Balaban J connectivity index is 1.57. The van der Waals surface area contributed by atoms with Gasteiger partial charge < -0.3 is 15.0 Å². The molecule has 1 fully saturated rings. The second-order valence-electron chi connectivity index (χ2n) is 9.89. The minimum absolute atomic E-state index is 0.0965. The largest absolute Gasteiger partial charge is 0.463 e. The van der Waals surface area contributed by atoms with Gasteiger partial charge in [-0.3, -0.25) is 14.6 Å². The number of ether oxygens (including phenoxy) is 1. The maximum atomic E-state index is 13.2. The summed E-state index contributed by atoms with van der Waals surface area (Å²) in [5, 5.41) is 3.41. The van der Waals surface area contributed by atoms with Crippen LogP contribution in [0.3, 0.4) is 0 Å². The topological polar surface area (TPSA) is 82.2 Å². The molecule has 38 heavy (non-hydrogen) atoms. The van der Waals surface area contributed by atoms with Crippen molar-refractivity contribution in [2.45, 2.75) is 32.7 Å². The average Bonchev–Trinajstić information content (AvgIpc) is 2.91. The van der Waals surface area contributed by atoms with E-state index >= 15 is 0 Å². The predicted molar refractivity (Wildman–Crippen MR) is 147 cm³/mol. The number of esters is 1. The van der Waals surface area contributed by atoms with Gasteiger partial charge in [0.2, 0.25) is 0 Å². The van der Waals surface area contributed by atoms with Crippen LogP contribution in [0.2, 0.25) is 5.02 Å². The number of nitrogens with one attached hydrogen (secondary N) is 1. The molecule has 1 N–H and O–H groups in total. The van der Waals surface area contributed by atoms with Gasteiger partial charge >= 0.3 is 12.0 Å². The van der Waals surface area contributed by atoms with Crippen LogP contribution in [-0.2, 0) is 9.53 Å². The lowest BCUT2D eigenvalue weighted by molar-refractivity contribution is -0.139. The molecule has 2 aliphatic rings. The second kappa shape index (κ2) is 12.0. The highest BCUT2D eigenvalue weighted by atomic mass is 35.5. The summed E-state index contributed by atoms with van der Waals surface area (Å²) >= 11 is 6.23. The van der Waals surface area contributed by atoms with Crippen molar-refractivity contribution >= 4 is 29.5 Å². The highest BCUT2D eigenvalue weighted by Gasteiger charge is 2.38. The fraction of sp³-hybridized carbons (Fsp3) is 0.414. The molecule has 2 heterocycles. The monoisotopic (exact) mass is 538 g/mol. The summed E-state index contributed by atoms with van der Waals surface area (Å²) in [6.45, 7) is 8.85. The van der Waals surface area contributed by atoms with E-state index in [4.69, 9.17) is 16.3 Å². The third-order valence-electron chi connectivity index (χ3n) is 7.15. The zero-order chi connectivity index (χ0) is 27.4. The van der Waals surface area contributed by atoms with Crippen LogP contribution in [-0.4, -0.2) is 79.0 Å². The van der Waals surface area contributed by atoms with Crippen LogP contribution < -0.4 is 5.32 Å². The van der Waals surface area contributed by atoms with E-state index in [0.29, 0.717) is 60.5 Å². The van der Waals surface area contributed by atoms with Crippen LogP contribution in [0.15, 0.2) is 59.8 Å². The number of nitrogens with zero attached hydrogens (tertiary/aromatic N) is 3. The third-order valence-corrected chi connectivity index (χ3v) is 7.48. The van der Waals surface area contributed by atoms with Crippen molar-refractivity contribution in [3.8, 4) is 0 Å². The molecule has 0 radical (unpaired) electrons. The van der Waals surface area contributed by atoms with Crippen molar-refractivity contribution in [1.29, 1.82) is 0 Å². The molecule has 0 spiro atoms. The highest BCUT2D eigenvalue weighted by Crippen LogP contribution is 2.32. The number of carbonyl (C=O) groups excluding carboxylic acids is 3. The van der Waals surface area contributed by atoms with Crippen molar-refractivity contribution in [3.63, 3.8) is 0 Å². The SMILES string of the molecule is CCOC(=O)C1=C(CN2CCN(C(=O)c3ccccc3Cl)CC2)N(C)C(=O)N[C@H]1c1ccc(C(C)C)cc1. The van der Waals surface area contributed by atoms with E-state index < -0.39 is 12.0 Å². The number of hydrogen-bond donors (Lipinski definition) is 1. The van der Waals surface area contributed by atoms with Crippen LogP contribution in [0.1, 0.15) is 54.2 Å². The number of halogens is 1. The molecule has 0 aliphatic carbocycles. The summed E-state index contributed by atoms with van der Waals surface area (Å²) in [6, 6.07) is 14.1. The molecule has 3 amide bonds. The Kier molecular flexibility index (Phi) is 8.74. The van der Waals surface area contributed by atoms with Crippen LogP contribution in [0, 0.1) is 0 Å². The zero-order valence-electron chi connectivity index (χ0n) is 22.4. The van der Waals surface area contributed by atoms with Gasteiger partial charge in [-0.15, -0.1) is 0 Å². The molecule has 0 unspecified atom stereocenters. The predicted octanol–water partition coefficient (Wildman–Crippen LogP) is 4.43. The molecule has 0 aromatic heterocycles. The molecular formula is C29H35ClN4O4. The number of likely N-dealkylation sites (N-methyl/N-ethyl adjacent to an activating group) is 1. The lowest BCUT2D eigenvalue weighted by atomic mass is 9.92. The molecular weight excluding hydrogens is 504 g/mol. The van der Waals surface area contributed by atoms with Crippen molar-refractivity contribution in [2.24, 2.45) is 0 Å². The number of urea groups is 1. The normalized spacial score (nSPS) is 18.6. The first-order valence-electron chi connectivity index (χ1n) is 13.0. The standard InChI is InChI=1S/C29H35ClN4O4/c1-5-38-28(36)25-24(32(4)29(37)31-26(25)21-12-10-20(11-13-21)19(2)3)18-33-14-16-34(17-15-33)27(35)22-8-6-7-9-23(22)30/h6-13,19,26H,5,14-18H2,1-4H3,(H,31,37)/t26-/m0/s1. The number of piperazine rings is 1. The van der Waals surface area contributed by atoms with E-state index in [1.807, 2.05) is 24.3 Å². The molecule has 4 rings (SSSR count). The Labute approximate surface area is 229 Å². The minimum Gasteiger partial charge on any atom is -0.463 e. The van der Waals surface area contributed by atoms with Gasteiger partial charge in [0.15, 0.2) is 0 Å². The van der Waals surface area contributed by atoms with E-state index in [0.717, 1.165) is 5.56 Å². The molecule has 0 saturated carbocycles. The summed E-state index contributed by atoms with van der Waals surface area (Å²) in [5.41, 5.74) is 3.53. The van der Waals surface area contributed by atoms with Crippen molar-refractivity contribution in [1.82, 2.24) is 20.0 Å². The Hall–Kier alpha value is -3.36. The number of carbonyl (C=O) groups is 3. The quantitative estimate of drug-likeness (QED) is 0.527. The van der Waals surface area contributed by atoms with E-state index in [-0.39, 0.29) is 18.5 Å². The van der Waals surface area contributed by atoms with Crippen LogP contribution in [0.4, 0.5) is 4.79 Å². The van der Waals surface area contributed by atoms with E-state index in [1.54, 1.807) is 43.1 Å². The first-order valence-corrected chi connectivity index (χ1v) is 13.4. The molecule has 2 aromatic rings. The lowest BCUT2D eigenvalue weighted by Crippen LogP contribution is -2.53. The maximum absolute atomic E-state index is 13.2. The number of amides is 3. The summed E-state index contributed by atoms with van der Waals surface area (Å²) in [6.07, 6.45) is 0. The summed E-state index contributed by atoms with van der Waals surface area (Å²) in [5.74, 6) is -0.171. The Morgan fingerprint density at radius 3 is 2.32 bits per heavy atom. The lowest BCUT2D eigenvalue weighted by Gasteiger charge is -2.39. The molecule has 1 atom stereocenters. The van der Waals surface area contributed by atoms with Crippen molar-refractivity contribution in [2.75, 3.05) is 46.4 Å². The number of rotatable bonds is 7. The van der Waals surface area contributed by atoms with Gasteiger partial charge in [-0.05, 0) is 36.1 Å². The second-order valence-corrected chi connectivity index (χ2v) is 10.3. The van der Waals surface area contributed by atoms with Gasteiger partial charge in [-0.2, -0.15) is 0 Å². The van der Waals surface area contributed by atoms with Crippen LogP contribution in [0.5, 0.6) is 0 Å². The van der Waals surface area contributed by atoms with Gasteiger partial charge in [0.1, 0.15) is 0 Å². The fourth-order valence-corrected chi connectivity index (χ4v) is 5.06. The van der Waals surface area contributed by atoms with E-state index in [2.05, 4.69) is 24.1 Å². The zero-order valence-corrected chi connectivity index (χ0v) is 23.1. The third kappa shape index (κ3) is 5.87.